The lowest BCUT2D eigenvalue weighted by Crippen LogP contribution is -2.11. The smallest absolute Gasteiger partial charge is 0.204 e. The van der Waals surface area contributed by atoms with Gasteiger partial charge in [0.2, 0.25) is 5.75 Å². The first kappa shape index (κ1) is 14.0. The number of hydrogen-bond donors (Lipinski definition) is 2. The number of nitrogens with one attached hydrogen (secondary N) is 2. The predicted octanol–water partition coefficient (Wildman–Crippen LogP) is 1.01. The van der Waals surface area contributed by atoms with E-state index in [0.717, 1.165) is 26.1 Å². The number of rotatable bonds is 8. The van der Waals surface area contributed by atoms with Crippen molar-refractivity contribution in [1.29, 1.82) is 0 Å². The molecule has 2 aromatic heterocycles. The summed E-state index contributed by atoms with van der Waals surface area (Å²) in [5.41, 5.74) is 0. The standard InChI is InChI=1S/C12H19N7O/c1-3-13-11-10(20-2)12(16-9-15-11)14-5-4-7-19-8-6-17-18-19/h6,8-9H,3-5,7H2,1-2H3,(H2,13,14,15,16). The van der Waals surface area contributed by atoms with Crippen molar-refractivity contribution in [2.24, 2.45) is 0 Å². The molecule has 8 nitrogen and oxygen atoms in total. The van der Waals surface area contributed by atoms with Crippen LogP contribution in [0.4, 0.5) is 11.6 Å². The third-order valence-electron chi connectivity index (χ3n) is 2.68. The maximum absolute atomic E-state index is 5.35. The Hall–Kier alpha value is -2.38. The van der Waals surface area contributed by atoms with Gasteiger partial charge >= 0.3 is 0 Å². The minimum atomic E-state index is 0.634. The van der Waals surface area contributed by atoms with Crippen LogP contribution in [-0.4, -0.2) is 45.2 Å². The first-order chi connectivity index (χ1) is 9.85. The van der Waals surface area contributed by atoms with Crippen molar-refractivity contribution in [1.82, 2.24) is 25.0 Å². The highest BCUT2D eigenvalue weighted by atomic mass is 16.5. The molecule has 0 saturated heterocycles. The first-order valence-electron chi connectivity index (χ1n) is 6.56. The van der Waals surface area contributed by atoms with Gasteiger partial charge in [0.05, 0.1) is 13.3 Å². The SMILES string of the molecule is CCNc1ncnc(NCCCn2ccnn2)c1OC. The number of anilines is 2. The zero-order valence-corrected chi connectivity index (χ0v) is 11.7. The minimum absolute atomic E-state index is 0.634. The zero-order valence-electron chi connectivity index (χ0n) is 11.7. The predicted molar refractivity (Wildman–Crippen MR) is 75.9 cm³/mol. The van der Waals surface area contributed by atoms with E-state index in [1.165, 1.54) is 6.33 Å². The summed E-state index contributed by atoms with van der Waals surface area (Å²) in [5, 5.41) is 14.1. The Balaban J connectivity index is 1.90. The largest absolute Gasteiger partial charge is 0.490 e. The average Bonchev–Trinajstić information content (AvgIpc) is 2.97. The van der Waals surface area contributed by atoms with Gasteiger partial charge in [-0.1, -0.05) is 5.21 Å². The molecule has 0 aliphatic heterocycles. The lowest BCUT2D eigenvalue weighted by atomic mass is 10.4. The molecule has 2 N–H and O–H groups in total. The summed E-state index contributed by atoms with van der Waals surface area (Å²) in [5.74, 6) is 2.02. The number of hydrogen-bond acceptors (Lipinski definition) is 7. The maximum Gasteiger partial charge on any atom is 0.204 e. The maximum atomic E-state index is 5.35. The second kappa shape index (κ2) is 7.27. The normalized spacial score (nSPS) is 10.3. The molecule has 0 aromatic carbocycles. The van der Waals surface area contributed by atoms with Crippen LogP contribution in [-0.2, 0) is 6.54 Å². The van der Waals surface area contributed by atoms with Crippen LogP contribution in [0.15, 0.2) is 18.7 Å². The molecule has 0 spiro atoms. The Morgan fingerprint density at radius 3 is 2.70 bits per heavy atom. The molecule has 0 saturated carbocycles. The van der Waals surface area contributed by atoms with Crippen molar-refractivity contribution >= 4 is 11.6 Å². The number of aromatic nitrogens is 5. The third kappa shape index (κ3) is 3.56. The highest BCUT2D eigenvalue weighted by molar-refractivity contribution is 5.63. The van der Waals surface area contributed by atoms with Gasteiger partial charge in [-0.2, -0.15) is 0 Å². The van der Waals surface area contributed by atoms with Gasteiger partial charge in [0.15, 0.2) is 11.6 Å². The van der Waals surface area contributed by atoms with E-state index >= 15 is 0 Å². The van der Waals surface area contributed by atoms with Crippen LogP contribution in [0.3, 0.4) is 0 Å². The van der Waals surface area contributed by atoms with Crippen molar-refractivity contribution in [3.63, 3.8) is 0 Å². The molecule has 0 amide bonds. The fourth-order valence-electron chi connectivity index (χ4n) is 1.79. The fourth-order valence-corrected chi connectivity index (χ4v) is 1.79. The van der Waals surface area contributed by atoms with Gasteiger partial charge in [-0.25, -0.2) is 9.97 Å². The van der Waals surface area contributed by atoms with Crippen LogP contribution < -0.4 is 15.4 Å². The van der Waals surface area contributed by atoms with Gasteiger partial charge < -0.3 is 15.4 Å². The van der Waals surface area contributed by atoms with Gasteiger partial charge in [0.25, 0.3) is 0 Å². The molecule has 2 heterocycles. The van der Waals surface area contributed by atoms with Crippen molar-refractivity contribution in [3.05, 3.63) is 18.7 Å². The summed E-state index contributed by atoms with van der Waals surface area (Å²) in [7, 11) is 1.61. The number of aryl methyl sites for hydroxylation is 1. The fraction of sp³-hybridized carbons (Fsp3) is 0.500. The van der Waals surface area contributed by atoms with Crippen molar-refractivity contribution in [2.45, 2.75) is 19.9 Å². The molecule has 2 aromatic rings. The van der Waals surface area contributed by atoms with Gasteiger partial charge in [-0.3, -0.25) is 4.68 Å². The van der Waals surface area contributed by atoms with Crippen molar-refractivity contribution < 1.29 is 4.74 Å². The molecule has 108 valence electrons. The zero-order chi connectivity index (χ0) is 14.2. The Morgan fingerprint density at radius 2 is 2.05 bits per heavy atom. The van der Waals surface area contributed by atoms with E-state index in [-0.39, 0.29) is 0 Å². The van der Waals surface area contributed by atoms with E-state index < -0.39 is 0 Å². The molecule has 8 heteroatoms. The first-order valence-corrected chi connectivity index (χ1v) is 6.56. The van der Waals surface area contributed by atoms with Crippen molar-refractivity contribution in [2.75, 3.05) is 30.8 Å². The van der Waals surface area contributed by atoms with Gasteiger partial charge in [0.1, 0.15) is 6.33 Å². The summed E-state index contributed by atoms with van der Waals surface area (Å²) in [6.45, 7) is 4.35. The highest BCUT2D eigenvalue weighted by Gasteiger charge is 2.10. The summed E-state index contributed by atoms with van der Waals surface area (Å²) in [4.78, 5) is 8.36. The molecule has 0 unspecified atom stereocenters. The third-order valence-corrected chi connectivity index (χ3v) is 2.68. The van der Waals surface area contributed by atoms with Crippen LogP contribution in [0.1, 0.15) is 13.3 Å². The number of methoxy groups -OCH3 is 1. The van der Waals surface area contributed by atoms with Gasteiger partial charge in [0, 0.05) is 25.8 Å². The molecule has 20 heavy (non-hydrogen) atoms. The van der Waals surface area contributed by atoms with Gasteiger partial charge in [-0.15, -0.1) is 5.10 Å². The molecule has 2 rings (SSSR count). The Kier molecular flexibility index (Phi) is 5.10. The summed E-state index contributed by atoms with van der Waals surface area (Å²) in [6.07, 6.45) is 5.94. The van der Waals surface area contributed by atoms with Crippen LogP contribution in [0.25, 0.3) is 0 Å². The van der Waals surface area contributed by atoms with Gasteiger partial charge in [-0.05, 0) is 13.3 Å². The highest BCUT2D eigenvalue weighted by Crippen LogP contribution is 2.28. The summed E-state index contributed by atoms with van der Waals surface area (Å²) < 4.78 is 7.15. The minimum Gasteiger partial charge on any atom is -0.490 e. The number of ether oxygens (including phenoxy) is 1. The molecule has 0 bridgehead atoms. The van der Waals surface area contributed by atoms with Crippen LogP contribution in [0, 0.1) is 0 Å². The second-order valence-corrected chi connectivity index (χ2v) is 4.08. The summed E-state index contributed by atoms with van der Waals surface area (Å²) in [6, 6.07) is 0. The molecule has 0 aliphatic rings. The van der Waals surface area contributed by atoms with E-state index in [0.29, 0.717) is 17.4 Å². The lowest BCUT2D eigenvalue weighted by Gasteiger charge is -2.13. The van der Waals surface area contributed by atoms with E-state index in [9.17, 15) is 0 Å². The Labute approximate surface area is 117 Å². The van der Waals surface area contributed by atoms with Crippen LogP contribution >= 0.6 is 0 Å². The Bertz CT molecular complexity index is 515. The van der Waals surface area contributed by atoms with E-state index in [1.54, 1.807) is 18.0 Å². The van der Waals surface area contributed by atoms with E-state index in [2.05, 4.69) is 30.9 Å². The molecule has 0 aliphatic carbocycles. The number of nitrogens with zero attached hydrogens (tertiary/aromatic N) is 5. The van der Waals surface area contributed by atoms with Crippen LogP contribution in [0.5, 0.6) is 5.75 Å². The Morgan fingerprint density at radius 1 is 1.25 bits per heavy atom. The van der Waals surface area contributed by atoms with E-state index in [1.807, 2.05) is 13.1 Å². The molecular weight excluding hydrogens is 258 g/mol. The monoisotopic (exact) mass is 277 g/mol. The van der Waals surface area contributed by atoms with E-state index in [4.69, 9.17) is 4.74 Å². The molecule has 0 radical (unpaired) electrons. The molecule has 0 fully saturated rings. The topological polar surface area (TPSA) is 89.8 Å². The van der Waals surface area contributed by atoms with Crippen LogP contribution in [0.2, 0.25) is 0 Å². The quantitative estimate of drug-likeness (QED) is 0.696. The average molecular weight is 277 g/mol. The summed E-state index contributed by atoms with van der Waals surface area (Å²) >= 11 is 0. The lowest BCUT2D eigenvalue weighted by molar-refractivity contribution is 0.414. The molecular formula is C12H19N7O. The second-order valence-electron chi connectivity index (χ2n) is 4.08. The molecule has 0 atom stereocenters. The van der Waals surface area contributed by atoms with Crippen molar-refractivity contribution in [3.8, 4) is 5.75 Å².